The van der Waals surface area contributed by atoms with E-state index in [9.17, 15) is 5.11 Å². The predicted octanol–water partition coefficient (Wildman–Crippen LogP) is 0.0329. The van der Waals surface area contributed by atoms with Crippen LogP contribution in [0.4, 0.5) is 0 Å². The monoisotopic (exact) mass is 167 g/mol. The van der Waals surface area contributed by atoms with Gasteiger partial charge in [0.25, 0.3) is 0 Å². The topological polar surface area (TPSA) is 72.0 Å². The number of rotatable bonds is 3. The molecule has 0 aliphatic carbocycles. The molecular formula is C8H13N3O. The zero-order valence-electron chi connectivity index (χ0n) is 7.07. The van der Waals surface area contributed by atoms with Crippen LogP contribution in [-0.4, -0.2) is 21.6 Å². The number of aromatic nitrogens is 2. The van der Waals surface area contributed by atoms with Gasteiger partial charge in [0, 0.05) is 6.20 Å². The largest absolute Gasteiger partial charge is 0.384 e. The van der Waals surface area contributed by atoms with Gasteiger partial charge in [-0.1, -0.05) is 0 Å². The van der Waals surface area contributed by atoms with E-state index >= 15 is 0 Å². The number of nitrogens with zero attached hydrogens (tertiary/aromatic N) is 2. The van der Waals surface area contributed by atoms with E-state index in [0.29, 0.717) is 18.7 Å². The second-order valence-corrected chi connectivity index (χ2v) is 2.91. The van der Waals surface area contributed by atoms with Crippen molar-refractivity contribution in [3.8, 4) is 0 Å². The summed E-state index contributed by atoms with van der Waals surface area (Å²) in [5, 5.41) is 9.82. The van der Waals surface area contributed by atoms with Gasteiger partial charge in [-0.2, -0.15) is 0 Å². The van der Waals surface area contributed by atoms with Gasteiger partial charge < -0.3 is 10.8 Å². The molecule has 66 valence electrons. The molecule has 0 saturated carbocycles. The number of hydrogen-bond acceptors (Lipinski definition) is 4. The molecule has 0 spiro atoms. The summed E-state index contributed by atoms with van der Waals surface area (Å²) in [6.07, 6.45) is 3.53. The van der Waals surface area contributed by atoms with Crippen LogP contribution in [-0.2, 0) is 5.60 Å². The second kappa shape index (κ2) is 3.60. The van der Waals surface area contributed by atoms with Gasteiger partial charge in [0.05, 0.1) is 5.69 Å². The summed E-state index contributed by atoms with van der Waals surface area (Å²) in [6, 6.07) is 1.69. The Hall–Kier alpha value is -1.00. The van der Waals surface area contributed by atoms with E-state index in [1.165, 1.54) is 6.33 Å². The molecule has 0 aromatic carbocycles. The first kappa shape index (κ1) is 9.09. The van der Waals surface area contributed by atoms with Crippen molar-refractivity contribution in [2.75, 3.05) is 6.54 Å². The maximum absolute atomic E-state index is 9.82. The molecule has 0 radical (unpaired) electrons. The highest BCUT2D eigenvalue weighted by Gasteiger charge is 2.22. The van der Waals surface area contributed by atoms with Crippen molar-refractivity contribution in [2.45, 2.75) is 18.9 Å². The lowest BCUT2D eigenvalue weighted by molar-refractivity contribution is 0.0457. The van der Waals surface area contributed by atoms with E-state index in [2.05, 4.69) is 9.97 Å². The van der Waals surface area contributed by atoms with E-state index in [1.807, 2.05) is 0 Å². The molecule has 0 bridgehead atoms. The van der Waals surface area contributed by atoms with Crippen LogP contribution in [0.15, 0.2) is 18.6 Å². The first-order chi connectivity index (χ1) is 5.67. The van der Waals surface area contributed by atoms with Crippen LogP contribution in [0, 0.1) is 0 Å². The zero-order chi connectivity index (χ0) is 9.03. The number of aliphatic hydroxyl groups is 1. The standard InChI is InChI=1S/C8H13N3O/c1-8(12,3-4-9)7-2-5-10-6-11-7/h2,5-6,12H,3-4,9H2,1H3. The van der Waals surface area contributed by atoms with Crippen molar-refractivity contribution in [3.63, 3.8) is 0 Å². The van der Waals surface area contributed by atoms with E-state index in [-0.39, 0.29) is 0 Å². The predicted molar refractivity (Wildman–Crippen MR) is 45.3 cm³/mol. The lowest BCUT2D eigenvalue weighted by atomic mass is 9.98. The minimum atomic E-state index is -0.933. The Balaban J connectivity index is 2.82. The summed E-state index contributed by atoms with van der Waals surface area (Å²) >= 11 is 0. The Morgan fingerprint density at radius 3 is 2.92 bits per heavy atom. The molecule has 1 aromatic rings. The highest BCUT2D eigenvalue weighted by molar-refractivity contribution is 5.08. The lowest BCUT2D eigenvalue weighted by Gasteiger charge is -2.20. The maximum atomic E-state index is 9.82. The molecule has 1 atom stereocenters. The summed E-state index contributed by atoms with van der Waals surface area (Å²) in [5.74, 6) is 0. The third-order valence-electron chi connectivity index (χ3n) is 1.76. The highest BCUT2D eigenvalue weighted by atomic mass is 16.3. The van der Waals surface area contributed by atoms with E-state index in [0.717, 1.165) is 0 Å². The van der Waals surface area contributed by atoms with Crippen molar-refractivity contribution in [1.29, 1.82) is 0 Å². The molecule has 1 aromatic heterocycles. The minimum Gasteiger partial charge on any atom is -0.384 e. The van der Waals surface area contributed by atoms with Crippen molar-refractivity contribution in [1.82, 2.24) is 9.97 Å². The van der Waals surface area contributed by atoms with E-state index in [4.69, 9.17) is 5.73 Å². The summed E-state index contributed by atoms with van der Waals surface area (Å²) in [6.45, 7) is 2.14. The van der Waals surface area contributed by atoms with Gasteiger partial charge in [0.2, 0.25) is 0 Å². The molecule has 12 heavy (non-hydrogen) atoms. The van der Waals surface area contributed by atoms with Crippen LogP contribution < -0.4 is 5.73 Å². The quantitative estimate of drug-likeness (QED) is 0.666. The van der Waals surface area contributed by atoms with Gasteiger partial charge in [-0.25, -0.2) is 9.97 Å². The Morgan fingerprint density at radius 2 is 2.42 bits per heavy atom. The fourth-order valence-corrected chi connectivity index (χ4v) is 1.02. The molecule has 3 N–H and O–H groups in total. The van der Waals surface area contributed by atoms with Gasteiger partial charge in [-0.15, -0.1) is 0 Å². The molecule has 1 heterocycles. The fourth-order valence-electron chi connectivity index (χ4n) is 1.02. The van der Waals surface area contributed by atoms with Gasteiger partial charge in [0.15, 0.2) is 0 Å². The normalized spacial score (nSPS) is 15.6. The zero-order valence-corrected chi connectivity index (χ0v) is 7.07. The van der Waals surface area contributed by atoms with Gasteiger partial charge >= 0.3 is 0 Å². The summed E-state index contributed by atoms with van der Waals surface area (Å²) in [5.41, 5.74) is 5.03. The molecule has 1 unspecified atom stereocenters. The Bertz CT molecular complexity index is 235. The first-order valence-electron chi connectivity index (χ1n) is 3.86. The van der Waals surface area contributed by atoms with Gasteiger partial charge in [0.1, 0.15) is 11.9 Å². The molecule has 0 aliphatic heterocycles. The van der Waals surface area contributed by atoms with Crippen molar-refractivity contribution in [2.24, 2.45) is 5.73 Å². The molecule has 4 nitrogen and oxygen atoms in total. The SMILES string of the molecule is CC(O)(CCN)c1ccncn1. The summed E-state index contributed by atoms with van der Waals surface area (Å²) < 4.78 is 0. The van der Waals surface area contributed by atoms with E-state index in [1.54, 1.807) is 19.2 Å². The fraction of sp³-hybridized carbons (Fsp3) is 0.500. The van der Waals surface area contributed by atoms with Crippen LogP contribution in [0.5, 0.6) is 0 Å². The van der Waals surface area contributed by atoms with Gasteiger partial charge in [-0.3, -0.25) is 0 Å². The lowest BCUT2D eigenvalue weighted by Crippen LogP contribution is -2.26. The third kappa shape index (κ3) is 1.99. The maximum Gasteiger partial charge on any atom is 0.115 e. The summed E-state index contributed by atoms with van der Waals surface area (Å²) in [7, 11) is 0. The Kier molecular flexibility index (Phi) is 2.73. The van der Waals surface area contributed by atoms with Crippen molar-refractivity contribution < 1.29 is 5.11 Å². The van der Waals surface area contributed by atoms with E-state index < -0.39 is 5.60 Å². The molecule has 0 fully saturated rings. The third-order valence-corrected chi connectivity index (χ3v) is 1.76. The highest BCUT2D eigenvalue weighted by Crippen LogP contribution is 2.20. The molecule has 0 saturated heterocycles. The average Bonchev–Trinajstić information content (AvgIpc) is 2.06. The number of nitrogens with two attached hydrogens (primary N) is 1. The average molecular weight is 167 g/mol. The minimum absolute atomic E-state index is 0.441. The van der Waals surface area contributed by atoms with Crippen LogP contribution in [0.2, 0.25) is 0 Å². The van der Waals surface area contributed by atoms with Crippen LogP contribution >= 0.6 is 0 Å². The Labute approximate surface area is 71.5 Å². The number of hydrogen-bond donors (Lipinski definition) is 2. The molecular weight excluding hydrogens is 154 g/mol. The molecule has 4 heteroatoms. The summed E-state index contributed by atoms with van der Waals surface area (Å²) in [4.78, 5) is 7.72. The molecule has 0 aliphatic rings. The van der Waals surface area contributed by atoms with Gasteiger partial charge in [-0.05, 0) is 26.0 Å². The van der Waals surface area contributed by atoms with Crippen LogP contribution in [0.1, 0.15) is 19.0 Å². The second-order valence-electron chi connectivity index (χ2n) is 2.91. The van der Waals surface area contributed by atoms with Crippen molar-refractivity contribution in [3.05, 3.63) is 24.3 Å². The molecule has 1 rings (SSSR count). The first-order valence-corrected chi connectivity index (χ1v) is 3.86. The molecule has 0 amide bonds. The smallest absolute Gasteiger partial charge is 0.115 e. The Morgan fingerprint density at radius 1 is 1.67 bits per heavy atom. The van der Waals surface area contributed by atoms with Crippen molar-refractivity contribution >= 4 is 0 Å². The van der Waals surface area contributed by atoms with Crippen LogP contribution in [0.3, 0.4) is 0 Å². The van der Waals surface area contributed by atoms with Crippen LogP contribution in [0.25, 0.3) is 0 Å².